The Morgan fingerprint density at radius 3 is 2.52 bits per heavy atom. The van der Waals surface area contributed by atoms with Crippen LogP contribution in [-0.4, -0.2) is 42.6 Å². The van der Waals surface area contributed by atoms with Gasteiger partial charge in [-0.15, -0.1) is 0 Å². The lowest BCUT2D eigenvalue weighted by Crippen LogP contribution is -2.44. The molecule has 0 heterocycles. The van der Waals surface area contributed by atoms with Crippen molar-refractivity contribution in [3.63, 3.8) is 0 Å². The number of hydrogen-bond donors (Lipinski definition) is 0. The van der Waals surface area contributed by atoms with E-state index in [0.29, 0.717) is 22.3 Å². The van der Waals surface area contributed by atoms with Crippen LogP contribution in [0.25, 0.3) is 0 Å². The van der Waals surface area contributed by atoms with Gasteiger partial charge in [-0.25, -0.2) is 0 Å². The van der Waals surface area contributed by atoms with Crippen molar-refractivity contribution in [2.24, 2.45) is 0 Å². The molecule has 0 bridgehead atoms. The second-order valence-corrected chi connectivity index (χ2v) is 5.74. The summed E-state index contributed by atoms with van der Waals surface area (Å²) in [6.07, 6.45) is -0.0609. The van der Waals surface area contributed by atoms with Crippen LogP contribution in [0.5, 0.6) is 5.75 Å². The average Bonchev–Trinajstić information content (AvgIpc) is 2.49. The van der Waals surface area contributed by atoms with Crippen molar-refractivity contribution in [1.29, 1.82) is 0 Å². The normalized spacial score (nSPS) is 11.7. The molecule has 0 spiro atoms. The van der Waals surface area contributed by atoms with Crippen molar-refractivity contribution < 1.29 is 19.1 Å². The second kappa shape index (κ2) is 9.63. The van der Waals surface area contributed by atoms with Gasteiger partial charge in [-0.2, -0.15) is 0 Å². The molecule has 1 rings (SSSR count). The highest BCUT2D eigenvalue weighted by Crippen LogP contribution is 2.28. The monoisotopic (exact) mass is 361 g/mol. The van der Waals surface area contributed by atoms with Gasteiger partial charge in [-0.3, -0.25) is 9.59 Å². The Balaban J connectivity index is 2.75. The van der Waals surface area contributed by atoms with E-state index in [1.807, 2.05) is 6.92 Å². The molecular weight excluding hydrogens is 341 g/mol. The third-order valence-electron chi connectivity index (χ3n) is 2.98. The van der Waals surface area contributed by atoms with Crippen LogP contribution in [0.15, 0.2) is 18.2 Å². The zero-order valence-electron chi connectivity index (χ0n) is 13.5. The Morgan fingerprint density at radius 1 is 1.26 bits per heavy atom. The maximum atomic E-state index is 12.5. The quantitative estimate of drug-likeness (QED) is 0.664. The minimum Gasteiger partial charge on any atom is -0.479 e. The second-order valence-electron chi connectivity index (χ2n) is 4.90. The number of esters is 1. The molecule has 23 heavy (non-hydrogen) atoms. The molecule has 0 aliphatic heterocycles. The number of halogens is 2. The molecule has 0 saturated carbocycles. The maximum absolute atomic E-state index is 12.5. The molecule has 1 amide bonds. The van der Waals surface area contributed by atoms with Gasteiger partial charge >= 0.3 is 5.97 Å². The van der Waals surface area contributed by atoms with Crippen molar-refractivity contribution >= 4 is 35.1 Å². The topological polar surface area (TPSA) is 55.8 Å². The molecule has 1 unspecified atom stereocenters. The fraction of sp³-hybridized carbons (Fsp3) is 0.500. The average molecular weight is 362 g/mol. The van der Waals surface area contributed by atoms with Crippen molar-refractivity contribution in [2.45, 2.75) is 33.3 Å². The first-order chi connectivity index (χ1) is 10.9. The molecule has 5 nitrogen and oxygen atoms in total. The summed E-state index contributed by atoms with van der Waals surface area (Å²) in [7, 11) is 0. The van der Waals surface area contributed by atoms with Crippen LogP contribution in [0.1, 0.15) is 27.2 Å². The Hall–Kier alpha value is -1.46. The third-order valence-corrected chi connectivity index (χ3v) is 3.51. The van der Waals surface area contributed by atoms with Gasteiger partial charge in [0.25, 0.3) is 5.91 Å². The molecule has 0 saturated heterocycles. The number of rotatable bonds is 8. The first kappa shape index (κ1) is 19.6. The molecule has 1 aromatic rings. The minimum atomic E-state index is -0.783. The molecular formula is C16H21Cl2NO4. The van der Waals surface area contributed by atoms with E-state index in [-0.39, 0.29) is 19.1 Å². The lowest BCUT2D eigenvalue weighted by atomic mass is 10.3. The zero-order chi connectivity index (χ0) is 17.4. The standard InChI is InChI=1S/C16H21Cl2NO4/c1-4-8-19(10-15(20)22-5-2)16(21)11(3)23-14-7-6-12(17)9-13(14)18/h6-7,9,11H,4-5,8,10H2,1-3H3. The first-order valence-corrected chi connectivity index (χ1v) is 8.20. The number of carbonyl (C=O) groups is 2. The summed E-state index contributed by atoms with van der Waals surface area (Å²) < 4.78 is 10.5. The number of amides is 1. The van der Waals surface area contributed by atoms with E-state index in [1.165, 1.54) is 11.0 Å². The summed E-state index contributed by atoms with van der Waals surface area (Å²) in [6, 6.07) is 4.77. The number of carbonyl (C=O) groups excluding carboxylic acids is 2. The SMILES string of the molecule is CCCN(CC(=O)OCC)C(=O)C(C)Oc1ccc(Cl)cc1Cl. The molecule has 0 radical (unpaired) electrons. The summed E-state index contributed by atoms with van der Waals surface area (Å²) >= 11 is 11.9. The molecule has 1 atom stereocenters. The van der Waals surface area contributed by atoms with E-state index in [2.05, 4.69) is 0 Å². The largest absolute Gasteiger partial charge is 0.479 e. The van der Waals surface area contributed by atoms with Gasteiger partial charge < -0.3 is 14.4 Å². The first-order valence-electron chi connectivity index (χ1n) is 7.45. The van der Waals surface area contributed by atoms with Gasteiger partial charge in [0.2, 0.25) is 0 Å². The molecule has 0 aliphatic rings. The van der Waals surface area contributed by atoms with E-state index in [9.17, 15) is 9.59 Å². The number of nitrogens with zero attached hydrogens (tertiary/aromatic N) is 1. The fourth-order valence-electron chi connectivity index (χ4n) is 1.97. The van der Waals surface area contributed by atoms with Crippen LogP contribution in [0, 0.1) is 0 Å². The highest BCUT2D eigenvalue weighted by atomic mass is 35.5. The van der Waals surface area contributed by atoms with Gasteiger partial charge in [0.1, 0.15) is 12.3 Å². The summed E-state index contributed by atoms with van der Waals surface area (Å²) in [6.45, 7) is 5.88. The molecule has 7 heteroatoms. The molecule has 0 aliphatic carbocycles. The third kappa shape index (κ3) is 6.28. The minimum absolute atomic E-state index is 0.0947. The molecule has 0 fully saturated rings. The van der Waals surface area contributed by atoms with Crippen LogP contribution >= 0.6 is 23.2 Å². The highest BCUT2D eigenvalue weighted by molar-refractivity contribution is 6.35. The van der Waals surface area contributed by atoms with Crippen LogP contribution in [-0.2, 0) is 14.3 Å². The Labute approximate surface area is 146 Å². The van der Waals surface area contributed by atoms with Crippen LogP contribution < -0.4 is 4.74 Å². The van der Waals surface area contributed by atoms with Crippen LogP contribution in [0.4, 0.5) is 0 Å². The molecule has 0 N–H and O–H groups in total. The number of hydrogen-bond acceptors (Lipinski definition) is 4. The summed E-state index contributed by atoms with van der Waals surface area (Å²) in [5.74, 6) is -0.374. The molecule has 128 valence electrons. The van der Waals surface area contributed by atoms with Gasteiger partial charge in [0, 0.05) is 11.6 Å². The number of benzene rings is 1. The fourth-order valence-corrected chi connectivity index (χ4v) is 2.42. The van der Waals surface area contributed by atoms with Gasteiger partial charge in [-0.05, 0) is 38.5 Å². The van der Waals surface area contributed by atoms with Crippen LogP contribution in [0.3, 0.4) is 0 Å². The maximum Gasteiger partial charge on any atom is 0.325 e. The van der Waals surface area contributed by atoms with Gasteiger partial charge in [0.15, 0.2) is 6.10 Å². The van der Waals surface area contributed by atoms with E-state index < -0.39 is 12.1 Å². The molecule has 0 aromatic heterocycles. The summed E-state index contributed by atoms with van der Waals surface area (Å²) in [5, 5.41) is 0.806. The Kier molecular flexibility index (Phi) is 8.20. The van der Waals surface area contributed by atoms with Crippen molar-refractivity contribution in [2.75, 3.05) is 19.7 Å². The Morgan fingerprint density at radius 2 is 1.96 bits per heavy atom. The van der Waals surface area contributed by atoms with Crippen molar-refractivity contribution in [3.8, 4) is 5.75 Å². The number of ether oxygens (including phenoxy) is 2. The van der Waals surface area contributed by atoms with E-state index in [0.717, 1.165) is 6.42 Å². The smallest absolute Gasteiger partial charge is 0.325 e. The van der Waals surface area contributed by atoms with Crippen molar-refractivity contribution in [3.05, 3.63) is 28.2 Å². The highest BCUT2D eigenvalue weighted by Gasteiger charge is 2.24. The summed E-state index contributed by atoms with van der Waals surface area (Å²) in [5.41, 5.74) is 0. The van der Waals surface area contributed by atoms with E-state index in [4.69, 9.17) is 32.7 Å². The van der Waals surface area contributed by atoms with Crippen molar-refractivity contribution in [1.82, 2.24) is 4.90 Å². The lowest BCUT2D eigenvalue weighted by molar-refractivity contribution is -0.151. The Bertz CT molecular complexity index is 551. The zero-order valence-corrected chi connectivity index (χ0v) is 15.0. The predicted octanol–water partition coefficient (Wildman–Crippen LogP) is 3.56. The van der Waals surface area contributed by atoms with E-state index >= 15 is 0 Å². The van der Waals surface area contributed by atoms with E-state index in [1.54, 1.807) is 26.0 Å². The summed E-state index contributed by atoms with van der Waals surface area (Å²) in [4.78, 5) is 25.5. The predicted molar refractivity (Wildman–Crippen MR) is 90.1 cm³/mol. The van der Waals surface area contributed by atoms with Gasteiger partial charge in [0.05, 0.1) is 11.6 Å². The van der Waals surface area contributed by atoms with Crippen LogP contribution in [0.2, 0.25) is 10.0 Å². The lowest BCUT2D eigenvalue weighted by Gasteiger charge is -2.25. The molecule has 1 aromatic carbocycles. The van der Waals surface area contributed by atoms with Gasteiger partial charge in [-0.1, -0.05) is 30.1 Å².